The fraction of sp³-hybridized carbons (Fsp3) is 0.0769. The minimum absolute atomic E-state index is 0.0473. The zero-order chi connectivity index (χ0) is 22.1. The molecule has 32 heavy (non-hydrogen) atoms. The van der Waals surface area contributed by atoms with Crippen molar-refractivity contribution < 1.29 is 4.79 Å². The van der Waals surface area contributed by atoms with Gasteiger partial charge < -0.3 is 0 Å². The van der Waals surface area contributed by atoms with E-state index in [1.54, 1.807) is 18.3 Å². The number of hydrogen-bond acceptors (Lipinski definition) is 5. The number of carbonyl (C=O) groups excluding carboxylic acids is 1. The summed E-state index contributed by atoms with van der Waals surface area (Å²) in [5.41, 5.74) is 5.23. The highest BCUT2D eigenvalue weighted by Gasteiger charge is 2.31. The van der Waals surface area contributed by atoms with E-state index >= 15 is 0 Å². The largest absolute Gasteiger partial charge is 0.289 e. The maximum Gasteiger partial charge on any atom is 0.194 e. The molecule has 0 N–H and O–H groups in total. The van der Waals surface area contributed by atoms with Gasteiger partial charge in [0.25, 0.3) is 0 Å². The van der Waals surface area contributed by atoms with E-state index in [1.807, 2.05) is 71.6 Å². The molecule has 0 bridgehead atoms. The van der Waals surface area contributed by atoms with Crippen LogP contribution < -0.4 is 0 Å². The highest BCUT2D eigenvalue weighted by atomic mass is 32.1. The van der Waals surface area contributed by atoms with E-state index in [-0.39, 0.29) is 5.78 Å². The van der Waals surface area contributed by atoms with Crippen LogP contribution in [0.15, 0.2) is 84.1 Å². The molecule has 0 unspecified atom stereocenters. The summed E-state index contributed by atoms with van der Waals surface area (Å²) >= 11 is 1.54. The van der Waals surface area contributed by atoms with Crippen molar-refractivity contribution >= 4 is 28.8 Å². The minimum atomic E-state index is -0.0473. The number of rotatable bonds is 4. The molecule has 0 radical (unpaired) electrons. The summed E-state index contributed by atoms with van der Waals surface area (Å²) in [6.07, 6.45) is 3.80. The van der Waals surface area contributed by atoms with Gasteiger partial charge in [-0.25, -0.2) is 4.68 Å². The number of carbonyl (C=O) groups is 1. The van der Waals surface area contributed by atoms with Gasteiger partial charge in [-0.15, -0.1) is 16.4 Å². The lowest BCUT2D eigenvalue weighted by Crippen LogP contribution is -1.99. The molecule has 0 amide bonds. The lowest BCUT2D eigenvalue weighted by molar-refractivity contribution is 0.104. The fourth-order valence-corrected chi connectivity index (χ4v) is 4.77. The topological polar surface area (TPSA) is 71.6 Å². The van der Waals surface area contributed by atoms with Gasteiger partial charge in [-0.3, -0.25) is 4.79 Å². The van der Waals surface area contributed by atoms with Crippen LogP contribution in [0.1, 0.15) is 33.3 Å². The molecular weight excluding hydrogens is 416 g/mol. The number of Topliss-reactive ketones (excluding diaryl/α,β-unsaturated/α-hetero) is 1. The van der Waals surface area contributed by atoms with Gasteiger partial charge in [0.2, 0.25) is 0 Å². The summed E-state index contributed by atoms with van der Waals surface area (Å²) in [6.45, 7) is 2.41. The van der Waals surface area contributed by atoms with Crippen molar-refractivity contribution in [3.05, 3.63) is 106 Å². The molecule has 6 heteroatoms. The maximum atomic E-state index is 13.1. The standard InChI is InChI=1S/C26H18N4OS/c1-17(14-27)25-20-9-5-6-10-21(20)26(31)22(25)13-19-11-12-24(32-19)23-16-30(29-28-23)15-18-7-3-2-4-8-18/h2-13,16H,15H2,1H3/b22-13-,25-17?. The van der Waals surface area contributed by atoms with Gasteiger partial charge in [-0.1, -0.05) is 59.8 Å². The van der Waals surface area contributed by atoms with Crippen molar-refractivity contribution in [2.45, 2.75) is 13.5 Å². The number of thiophene rings is 1. The van der Waals surface area contributed by atoms with Crippen LogP contribution in [0.2, 0.25) is 0 Å². The van der Waals surface area contributed by atoms with E-state index in [4.69, 9.17) is 0 Å². The first-order chi connectivity index (χ1) is 15.6. The predicted molar refractivity (Wildman–Crippen MR) is 126 cm³/mol. The SMILES string of the molecule is CC(C#N)=C1/C(=C/c2ccc(-c3cn(Cc4ccccc4)nn3)s2)C(=O)c2ccccc21. The van der Waals surface area contributed by atoms with Crippen molar-refractivity contribution in [3.63, 3.8) is 0 Å². The van der Waals surface area contributed by atoms with E-state index in [9.17, 15) is 10.1 Å². The molecule has 1 aliphatic carbocycles. The molecule has 2 aromatic carbocycles. The second kappa shape index (κ2) is 8.22. The van der Waals surface area contributed by atoms with Gasteiger partial charge in [0.05, 0.1) is 23.7 Å². The number of nitrogens with zero attached hydrogens (tertiary/aromatic N) is 4. The average molecular weight is 435 g/mol. The summed E-state index contributed by atoms with van der Waals surface area (Å²) < 4.78 is 1.82. The van der Waals surface area contributed by atoms with Crippen LogP contribution in [-0.2, 0) is 6.54 Å². The van der Waals surface area contributed by atoms with Gasteiger partial charge in [-0.2, -0.15) is 5.26 Å². The molecule has 0 spiro atoms. The molecule has 0 fully saturated rings. The molecule has 0 aliphatic heterocycles. The Morgan fingerprint density at radius 3 is 2.59 bits per heavy atom. The first-order valence-electron chi connectivity index (χ1n) is 10.2. The number of hydrogen-bond donors (Lipinski definition) is 0. The second-order valence-electron chi connectivity index (χ2n) is 7.53. The summed E-state index contributed by atoms with van der Waals surface area (Å²) in [5.74, 6) is -0.0473. The molecule has 2 heterocycles. The van der Waals surface area contributed by atoms with Gasteiger partial charge in [0, 0.05) is 27.2 Å². The smallest absolute Gasteiger partial charge is 0.194 e. The number of nitriles is 1. The Kier molecular flexibility index (Phi) is 5.10. The van der Waals surface area contributed by atoms with Crippen molar-refractivity contribution in [2.24, 2.45) is 0 Å². The normalized spacial score (nSPS) is 15.6. The van der Waals surface area contributed by atoms with Crippen LogP contribution in [0.3, 0.4) is 0 Å². The maximum absolute atomic E-state index is 13.1. The Morgan fingerprint density at radius 1 is 1.06 bits per heavy atom. The molecular formula is C26H18N4OS. The van der Waals surface area contributed by atoms with Gasteiger partial charge in [0.1, 0.15) is 5.69 Å². The van der Waals surface area contributed by atoms with Gasteiger partial charge in [0.15, 0.2) is 5.78 Å². The van der Waals surface area contributed by atoms with Crippen LogP contribution in [0.25, 0.3) is 22.2 Å². The molecule has 5 rings (SSSR count). The Hall–Kier alpha value is -4.08. The third kappa shape index (κ3) is 3.59. The number of benzene rings is 2. The number of aromatic nitrogens is 3. The summed E-state index contributed by atoms with van der Waals surface area (Å²) in [4.78, 5) is 15.0. The Morgan fingerprint density at radius 2 is 1.81 bits per heavy atom. The second-order valence-corrected chi connectivity index (χ2v) is 8.65. The number of allylic oxidation sites excluding steroid dienone is 3. The van der Waals surface area contributed by atoms with Crippen LogP contribution in [0.4, 0.5) is 0 Å². The first kappa shape index (κ1) is 19.9. The molecule has 2 aromatic heterocycles. The summed E-state index contributed by atoms with van der Waals surface area (Å²) in [5, 5.41) is 18.1. The Bertz CT molecular complexity index is 1430. The molecule has 5 nitrogen and oxygen atoms in total. The number of ketones is 1. The molecule has 1 aliphatic rings. The van der Waals surface area contributed by atoms with E-state index in [1.165, 1.54) is 0 Å². The van der Waals surface area contributed by atoms with E-state index in [2.05, 4.69) is 28.5 Å². The predicted octanol–water partition coefficient (Wildman–Crippen LogP) is 5.63. The zero-order valence-electron chi connectivity index (χ0n) is 17.3. The quantitative estimate of drug-likeness (QED) is 0.308. The highest BCUT2D eigenvalue weighted by Crippen LogP contribution is 2.40. The van der Waals surface area contributed by atoms with Crippen molar-refractivity contribution in [1.29, 1.82) is 5.26 Å². The fourth-order valence-electron chi connectivity index (χ4n) is 3.87. The Balaban J connectivity index is 1.46. The molecule has 0 atom stereocenters. The van der Waals surface area contributed by atoms with Crippen LogP contribution in [0.5, 0.6) is 0 Å². The van der Waals surface area contributed by atoms with Crippen LogP contribution in [0, 0.1) is 11.3 Å². The van der Waals surface area contributed by atoms with Crippen LogP contribution in [-0.4, -0.2) is 20.8 Å². The van der Waals surface area contributed by atoms with Crippen molar-refractivity contribution in [2.75, 3.05) is 0 Å². The van der Waals surface area contributed by atoms with E-state index < -0.39 is 0 Å². The van der Waals surface area contributed by atoms with Gasteiger partial charge in [-0.05, 0) is 36.3 Å². The highest BCUT2D eigenvalue weighted by molar-refractivity contribution is 7.16. The van der Waals surface area contributed by atoms with Crippen LogP contribution >= 0.6 is 11.3 Å². The number of fused-ring (bicyclic) bond motifs is 1. The van der Waals surface area contributed by atoms with Crippen molar-refractivity contribution in [3.8, 4) is 16.6 Å². The molecule has 154 valence electrons. The minimum Gasteiger partial charge on any atom is -0.289 e. The summed E-state index contributed by atoms with van der Waals surface area (Å²) in [7, 11) is 0. The molecule has 4 aromatic rings. The lowest BCUT2D eigenvalue weighted by Gasteiger charge is -2.02. The third-order valence-electron chi connectivity index (χ3n) is 5.39. The monoisotopic (exact) mass is 434 g/mol. The molecule has 0 saturated carbocycles. The first-order valence-corrected chi connectivity index (χ1v) is 11.0. The summed E-state index contributed by atoms with van der Waals surface area (Å²) in [6, 6.07) is 23.7. The average Bonchev–Trinajstić information content (AvgIpc) is 3.54. The van der Waals surface area contributed by atoms with Crippen molar-refractivity contribution in [1.82, 2.24) is 15.0 Å². The van der Waals surface area contributed by atoms with E-state index in [0.717, 1.165) is 32.1 Å². The zero-order valence-corrected chi connectivity index (χ0v) is 18.1. The third-order valence-corrected chi connectivity index (χ3v) is 6.44. The van der Waals surface area contributed by atoms with Gasteiger partial charge >= 0.3 is 0 Å². The van der Waals surface area contributed by atoms with E-state index in [0.29, 0.717) is 23.3 Å². The Labute approximate surface area is 189 Å². The molecule has 0 saturated heterocycles. The lowest BCUT2D eigenvalue weighted by atomic mass is 10.00.